The second kappa shape index (κ2) is 5.70. The van der Waals surface area contributed by atoms with Crippen LogP contribution in [0.15, 0.2) is 0 Å². The second-order valence-electron chi connectivity index (χ2n) is 5.86. The van der Waals surface area contributed by atoms with E-state index in [1.807, 2.05) is 11.3 Å². The standard InChI is InChI=1S/C15H24N2S/c1-2-8-16-10-12-4-3-5-13-15(12)17-14(18-13)9-11-6-7-11/h11-12,16H,2-10H2,1H3. The van der Waals surface area contributed by atoms with E-state index < -0.39 is 0 Å². The number of aryl methyl sites for hydroxylation is 1. The molecule has 0 saturated heterocycles. The fourth-order valence-electron chi connectivity index (χ4n) is 2.87. The summed E-state index contributed by atoms with van der Waals surface area (Å²) in [6.07, 6.45) is 9.32. The number of rotatable bonds is 6. The number of aromatic nitrogens is 1. The molecule has 1 saturated carbocycles. The quantitative estimate of drug-likeness (QED) is 0.795. The summed E-state index contributed by atoms with van der Waals surface area (Å²) in [6, 6.07) is 0. The van der Waals surface area contributed by atoms with Gasteiger partial charge >= 0.3 is 0 Å². The third-order valence-corrected chi connectivity index (χ3v) is 5.25. The van der Waals surface area contributed by atoms with E-state index in [0.29, 0.717) is 5.92 Å². The normalized spacial score (nSPS) is 23.1. The molecule has 1 heterocycles. The summed E-state index contributed by atoms with van der Waals surface area (Å²) in [4.78, 5) is 6.57. The maximum absolute atomic E-state index is 4.97. The Labute approximate surface area is 114 Å². The summed E-state index contributed by atoms with van der Waals surface area (Å²) in [7, 11) is 0. The molecular formula is C15H24N2S. The molecule has 0 spiro atoms. The molecule has 1 atom stereocenters. The summed E-state index contributed by atoms with van der Waals surface area (Å²) in [5, 5.41) is 4.99. The zero-order valence-electron chi connectivity index (χ0n) is 11.4. The Kier molecular flexibility index (Phi) is 4.00. The molecule has 1 N–H and O–H groups in total. The van der Waals surface area contributed by atoms with Gasteiger partial charge in [-0.1, -0.05) is 6.92 Å². The summed E-state index contributed by atoms with van der Waals surface area (Å²) < 4.78 is 0. The van der Waals surface area contributed by atoms with E-state index in [1.54, 1.807) is 4.88 Å². The lowest BCUT2D eigenvalue weighted by Gasteiger charge is -2.21. The topological polar surface area (TPSA) is 24.9 Å². The van der Waals surface area contributed by atoms with Gasteiger partial charge in [-0.3, -0.25) is 0 Å². The van der Waals surface area contributed by atoms with Gasteiger partial charge in [0.25, 0.3) is 0 Å². The van der Waals surface area contributed by atoms with Crippen molar-refractivity contribution in [2.45, 2.75) is 57.8 Å². The average molecular weight is 264 g/mol. The first-order valence-corrected chi connectivity index (χ1v) is 8.37. The van der Waals surface area contributed by atoms with Crippen LogP contribution in [0.25, 0.3) is 0 Å². The SMILES string of the molecule is CCCNCC1CCCc2sc(CC3CC3)nc21. The van der Waals surface area contributed by atoms with Crippen LogP contribution in [0.1, 0.15) is 60.5 Å². The smallest absolute Gasteiger partial charge is 0.0934 e. The number of thiazole rings is 1. The molecule has 2 aliphatic rings. The minimum Gasteiger partial charge on any atom is -0.316 e. The minimum atomic E-state index is 0.685. The summed E-state index contributed by atoms with van der Waals surface area (Å²) >= 11 is 2.01. The number of fused-ring (bicyclic) bond motifs is 1. The summed E-state index contributed by atoms with van der Waals surface area (Å²) in [6.45, 7) is 4.51. The molecule has 0 bridgehead atoms. The Morgan fingerprint density at radius 2 is 2.22 bits per heavy atom. The Balaban J connectivity index is 1.66. The molecular weight excluding hydrogens is 240 g/mol. The monoisotopic (exact) mass is 264 g/mol. The van der Waals surface area contributed by atoms with Crippen molar-refractivity contribution < 1.29 is 0 Å². The van der Waals surface area contributed by atoms with Gasteiger partial charge in [-0.25, -0.2) is 4.98 Å². The minimum absolute atomic E-state index is 0.685. The Hall–Kier alpha value is -0.410. The van der Waals surface area contributed by atoms with Crippen LogP contribution < -0.4 is 5.32 Å². The van der Waals surface area contributed by atoms with Gasteiger partial charge in [0.05, 0.1) is 10.7 Å². The molecule has 1 fully saturated rings. The molecule has 3 heteroatoms. The second-order valence-corrected chi connectivity index (χ2v) is 7.02. The molecule has 0 amide bonds. The Morgan fingerprint density at radius 1 is 1.33 bits per heavy atom. The van der Waals surface area contributed by atoms with Crippen molar-refractivity contribution in [2.75, 3.05) is 13.1 Å². The van der Waals surface area contributed by atoms with Gasteiger partial charge in [-0.2, -0.15) is 0 Å². The molecule has 1 aromatic rings. The lowest BCUT2D eigenvalue weighted by atomic mass is 9.91. The Morgan fingerprint density at radius 3 is 3.00 bits per heavy atom. The van der Waals surface area contributed by atoms with Crippen molar-refractivity contribution in [3.8, 4) is 0 Å². The fraction of sp³-hybridized carbons (Fsp3) is 0.800. The lowest BCUT2D eigenvalue weighted by molar-refractivity contribution is 0.500. The van der Waals surface area contributed by atoms with Crippen LogP contribution in [-0.4, -0.2) is 18.1 Å². The van der Waals surface area contributed by atoms with E-state index in [4.69, 9.17) is 4.98 Å². The molecule has 100 valence electrons. The highest BCUT2D eigenvalue weighted by atomic mass is 32.1. The number of hydrogen-bond acceptors (Lipinski definition) is 3. The van der Waals surface area contributed by atoms with E-state index in [0.717, 1.165) is 19.0 Å². The zero-order valence-corrected chi connectivity index (χ0v) is 12.2. The predicted octanol–water partition coefficient (Wildman–Crippen LogP) is 3.52. The van der Waals surface area contributed by atoms with Crippen molar-refractivity contribution in [3.63, 3.8) is 0 Å². The van der Waals surface area contributed by atoms with E-state index in [1.165, 1.54) is 55.6 Å². The van der Waals surface area contributed by atoms with Crippen LogP contribution in [0, 0.1) is 5.92 Å². The Bertz CT molecular complexity index is 395. The molecule has 0 aromatic carbocycles. The molecule has 3 rings (SSSR count). The van der Waals surface area contributed by atoms with Crippen molar-refractivity contribution in [2.24, 2.45) is 5.92 Å². The van der Waals surface area contributed by atoms with Crippen molar-refractivity contribution >= 4 is 11.3 Å². The van der Waals surface area contributed by atoms with Gasteiger partial charge in [0.15, 0.2) is 0 Å². The lowest BCUT2D eigenvalue weighted by Crippen LogP contribution is -2.24. The van der Waals surface area contributed by atoms with Gasteiger partial charge in [-0.05, 0) is 51.0 Å². The first-order valence-electron chi connectivity index (χ1n) is 7.56. The van der Waals surface area contributed by atoms with Gasteiger partial charge in [0, 0.05) is 23.8 Å². The van der Waals surface area contributed by atoms with Crippen LogP contribution in [0.2, 0.25) is 0 Å². The van der Waals surface area contributed by atoms with Crippen LogP contribution >= 0.6 is 11.3 Å². The number of hydrogen-bond donors (Lipinski definition) is 1. The largest absolute Gasteiger partial charge is 0.316 e. The summed E-state index contributed by atoms with van der Waals surface area (Å²) in [5.41, 5.74) is 1.45. The predicted molar refractivity (Wildman–Crippen MR) is 77.4 cm³/mol. The molecule has 0 aliphatic heterocycles. The van der Waals surface area contributed by atoms with Crippen molar-refractivity contribution in [1.29, 1.82) is 0 Å². The first kappa shape index (κ1) is 12.6. The van der Waals surface area contributed by atoms with Crippen molar-refractivity contribution in [3.05, 3.63) is 15.6 Å². The van der Waals surface area contributed by atoms with Gasteiger partial charge in [0.1, 0.15) is 0 Å². The van der Waals surface area contributed by atoms with Crippen LogP contribution in [0.5, 0.6) is 0 Å². The third kappa shape index (κ3) is 2.94. The van der Waals surface area contributed by atoms with Crippen molar-refractivity contribution in [1.82, 2.24) is 10.3 Å². The molecule has 2 aliphatic carbocycles. The summed E-state index contributed by atoms with van der Waals surface area (Å²) in [5.74, 6) is 1.65. The first-order chi connectivity index (χ1) is 8.86. The van der Waals surface area contributed by atoms with Crippen LogP contribution in [-0.2, 0) is 12.8 Å². The number of nitrogens with zero attached hydrogens (tertiary/aromatic N) is 1. The van der Waals surface area contributed by atoms with Crippen LogP contribution in [0.4, 0.5) is 0 Å². The fourth-order valence-corrected chi connectivity index (χ4v) is 4.18. The highest BCUT2D eigenvalue weighted by molar-refractivity contribution is 7.11. The molecule has 1 aromatic heterocycles. The highest BCUT2D eigenvalue weighted by Gasteiger charge is 2.27. The molecule has 18 heavy (non-hydrogen) atoms. The number of nitrogens with one attached hydrogen (secondary N) is 1. The third-order valence-electron chi connectivity index (χ3n) is 4.09. The van der Waals surface area contributed by atoms with E-state index in [9.17, 15) is 0 Å². The van der Waals surface area contributed by atoms with Gasteiger partial charge in [-0.15, -0.1) is 11.3 Å². The maximum Gasteiger partial charge on any atom is 0.0934 e. The van der Waals surface area contributed by atoms with Crippen LogP contribution in [0.3, 0.4) is 0 Å². The molecule has 1 unspecified atom stereocenters. The van der Waals surface area contributed by atoms with Gasteiger partial charge in [0.2, 0.25) is 0 Å². The van der Waals surface area contributed by atoms with Gasteiger partial charge < -0.3 is 5.32 Å². The maximum atomic E-state index is 4.97. The van der Waals surface area contributed by atoms with E-state index >= 15 is 0 Å². The molecule has 0 radical (unpaired) electrons. The highest BCUT2D eigenvalue weighted by Crippen LogP contribution is 2.38. The zero-order chi connectivity index (χ0) is 12.4. The molecule has 2 nitrogen and oxygen atoms in total. The average Bonchev–Trinajstić information content (AvgIpc) is 3.07. The van der Waals surface area contributed by atoms with E-state index in [2.05, 4.69) is 12.2 Å². The van der Waals surface area contributed by atoms with E-state index in [-0.39, 0.29) is 0 Å².